The second-order valence-corrected chi connectivity index (χ2v) is 10.9. The number of fused-ring (bicyclic) bond motifs is 5. The van der Waals surface area contributed by atoms with Crippen molar-refractivity contribution in [2.75, 3.05) is 0 Å². The zero-order valence-corrected chi connectivity index (χ0v) is 20.4. The SMILES string of the molecule is CC(=O)[C@@H]1CC[C@@H]2[C@@H]3CC=C4C[C@H](OS(=O)(=O)[O-])CC[C@@]4(C)[C@H]3CC[C@]21C.[Na+]. The summed E-state index contributed by atoms with van der Waals surface area (Å²) in [6, 6.07) is 0. The van der Waals surface area contributed by atoms with Crippen molar-refractivity contribution < 1.29 is 51.5 Å². The van der Waals surface area contributed by atoms with E-state index in [0.717, 1.165) is 38.5 Å². The van der Waals surface area contributed by atoms with Gasteiger partial charge in [-0.05, 0) is 86.9 Å². The summed E-state index contributed by atoms with van der Waals surface area (Å²) < 4.78 is 37.7. The molecule has 152 valence electrons. The minimum Gasteiger partial charge on any atom is -0.726 e. The van der Waals surface area contributed by atoms with Crippen molar-refractivity contribution in [3.05, 3.63) is 11.6 Å². The van der Waals surface area contributed by atoms with Gasteiger partial charge in [0.2, 0.25) is 10.4 Å². The van der Waals surface area contributed by atoms with Crippen LogP contribution < -0.4 is 29.6 Å². The van der Waals surface area contributed by atoms with Crippen LogP contribution in [0.5, 0.6) is 0 Å². The monoisotopic (exact) mass is 418 g/mol. The number of carbonyl (C=O) groups is 1. The first kappa shape index (κ1) is 23.0. The van der Waals surface area contributed by atoms with Crippen molar-refractivity contribution in [3.8, 4) is 0 Å². The van der Waals surface area contributed by atoms with Crippen LogP contribution in [0, 0.1) is 34.5 Å². The molecule has 7 atom stereocenters. The molecule has 0 radical (unpaired) electrons. The fourth-order valence-electron chi connectivity index (χ4n) is 7.54. The zero-order chi connectivity index (χ0) is 19.6. The van der Waals surface area contributed by atoms with E-state index in [0.29, 0.717) is 36.4 Å². The van der Waals surface area contributed by atoms with E-state index >= 15 is 0 Å². The molecule has 0 bridgehead atoms. The van der Waals surface area contributed by atoms with Crippen LogP contribution in [0.25, 0.3) is 0 Å². The van der Waals surface area contributed by atoms with Crippen molar-refractivity contribution in [2.24, 2.45) is 34.5 Å². The van der Waals surface area contributed by atoms with E-state index in [-0.39, 0.29) is 46.3 Å². The number of ketones is 1. The van der Waals surface area contributed by atoms with Crippen LogP contribution in [0.4, 0.5) is 0 Å². The van der Waals surface area contributed by atoms with Crippen LogP contribution in [0.1, 0.15) is 72.1 Å². The van der Waals surface area contributed by atoms with Gasteiger partial charge in [0.05, 0.1) is 6.10 Å². The van der Waals surface area contributed by atoms with Gasteiger partial charge in [0.1, 0.15) is 5.78 Å². The van der Waals surface area contributed by atoms with Gasteiger partial charge in [-0.2, -0.15) is 0 Å². The summed E-state index contributed by atoms with van der Waals surface area (Å²) >= 11 is 0. The van der Waals surface area contributed by atoms with Gasteiger partial charge in [-0.25, -0.2) is 8.42 Å². The average Bonchev–Trinajstić information content (AvgIpc) is 2.91. The van der Waals surface area contributed by atoms with E-state index < -0.39 is 16.5 Å². The fraction of sp³-hybridized carbons (Fsp3) is 0.857. The first-order valence-electron chi connectivity index (χ1n) is 10.4. The van der Waals surface area contributed by atoms with Crippen LogP contribution in [0.2, 0.25) is 0 Å². The summed E-state index contributed by atoms with van der Waals surface area (Å²) in [4.78, 5) is 12.2. The minimum atomic E-state index is -4.65. The van der Waals surface area contributed by atoms with Crippen LogP contribution in [-0.2, 0) is 19.4 Å². The minimum absolute atomic E-state index is 0. The Bertz CT molecular complexity index is 778. The standard InChI is InChI=1S/C21H32O5S.Na/c1-13(22)17-6-7-18-16-5-4-14-12-15(26-27(23,24)25)8-10-20(14,2)19(16)9-11-21(17,18)3;/h4,15-19H,5-12H2,1-3H3,(H,23,24,25);/q;+1/p-1/t15-,16+,17+,18-,19+,20-,21+;/m1./s1. The molecule has 4 rings (SSSR count). The van der Waals surface area contributed by atoms with Gasteiger partial charge in [-0.3, -0.25) is 8.98 Å². The molecule has 3 saturated carbocycles. The summed E-state index contributed by atoms with van der Waals surface area (Å²) in [6.45, 7) is 6.44. The predicted octanol–water partition coefficient (Wildman–Crippen LogP) is 1.00. The van der Waals surface area contributed by atoms with Gasteiger partial charge < -0.3 is 4.55 Å². The second kappa shape index (κ2) is 7.76. The number of rotatable bonds is 3. The molecule has 5 nitrogen and oxygen atoms in total. The van der Waals surface area contributed by atoms with E-state index in [1.54, 1.807) is 6.92 Å². The molecule has 4 aliphatic rings. The Morgan fingerprint density at radius 1 is 1.14 bits per heavy atom. The molecule has 7 heteroatoms. The summed E-state index contributed by atoms with van der Waals surface area (Å²) in [6.07, 6.45) is 9.30. The zero-order valence-electron chi connectivity index (χ0n) is 17.6. The van der Waals surface area contributed by atoms with E-state index in [1.807, 2.05) is 0 Å². The fourth-order valence-corrected chi connectivity index (χ4v) is 8.04. The molecule has 0 heterocycles. The number of hydrogen-bond acceptors (Lipinski definition) is 5. The van der Waals surface area contributed by atoms with Crippen molar-refractivity contribution in [1.29, 1.82) is 0 Å². The van der Waals surface area contributed by atoms with Crippen molar-refractivity contribution in [3.63, 3.8) is 0 Å². The summed E-state index contributed by atoms with van der Waals surface area (Å²) in [7, 11) is -4.65. The van der Waals surface area contributed by atoms with Crippen LogP contribution in [-0.4, -0.2) is 24.9 Å². The molecule has 3 fully saturated rings. The molecule has 0 aliphatic heterocycles. The maximum absolute atomic E-state index is 12.2. The third-order valence-corrected chi connectivity index (χ3v) is 9.31. The molecular formula is C21H31NaO5S. The molecule has 0 amide bonds. The summed E-state index contributed by atoms with van der Waals surface area (Å²) in [5, 5.41) is 0. The normalized spacial score (nSPS) is 45.1. The van der Waals surface area contributed by atoms with Gasteiger partial charge in [0.15, 0.2) is 0 Å². The van der Waals surface area contributed by atoms with Crippen molar-refractivity contribution in [1.82, 2.24) is 0 Å². The Hall–Kier alpha value is 0.280. The first-order chi connectivity index (χ1) is 12.5. The third kappa shape index (κ3) is 3.71. The molecule has 0 saturated heterocycles. The van der Waals surface area contributed by atoms with Crippen molar-refractivity contribution >= 4 is 16.2 Å². The van der Waals surface area contributed by atoms with E-state index in [4.69, 9.17) is 4.18 Å². The Kier molecular flexibility index (Phi) is 6.36. The van der Waals surface area contributed by atoms with E-state index in [1.165, 1.54) is 5.57 Å². The smallest absolute Gasteiger partial charge is 0.726 e. The van der Waals surface area contributed by atoms with Crippen LogP contribution in [0.15, 0.2) is 11.6 Å². The largest absolute Gasteiger partial charge is 1.00 e. The Morgan fingerprint density at radius 3 is 2.50 bits per heavy atom. The third-order valence-electron chi connectivity index (χ3n) is 8.80. The maximum atomic E-state index is 12.2. The Morgan fingerprint density at radius 2 is 1.86 bits per heavy atom. The molecule has 4 aliphatic carbocycles. The molecule has 0 aromatic heterocycles. The molecule has 0 aromatic rings. The summed E-state index contributed by atoms with van der Waals surface area (Å²) in [5.74, 6) is 2.38. The Labute approximate surface area is 191 Å². The van der Waals surface area contributed by atoms with Gasteiger partial charge in [0.25, 0.3) is 0 Å². The number of hydrogen-bond donors (Lipinski definition) is 0. The predicted molar refractivity (Wildman–Crippen MR) is 100 cm³/mol. The number of Topliss-reactive ketones (excluding diaryl/α,β-unsaturated/α-hetero) is 1. The maximum Gasteiger partial charge on any atom is 1.00 e. The second-order valence-electron chi connectivity index (χ2n) is 9.91. The van der Waals surface area contributed by atoms with Gasteiger partial charge in [-0.15, -0.1) is 0 Å². The van der Waals surface area contributed by atoms with Crippen molar-refractivity contribution in [2.45, 2.75) is 78.2 Å². The molecular weight excluding hydrogens is 387 g/mol. The molecule has 28 heavy (non-hydrogen) atoms. The van der Waals surface area contributed by atoms with Crippen LogP contribution in [0.3, 0.4) is 0 Å². The van der Waals surface area contributed by atoms with Gasteiger partial charge in [0, 0.05) is 5.92 Å². The Balaban J connectivity index is 0.00000225. The number of carbonyl (C=O) groups excluding carboxylic acids is 1. The summed E-state index contributed by atoms with van der Waals surface area (Å²) in [5.41, 5.74) is 1.50. The molecule has 0 aromatic carbocycles. The number of allylic oxidation sites excluding steroid dienone is 1. The van der Waals surface area contributed by atoms with Gasteiger partial charge in [-0.1, -0.05) is 25.5 Å². The van der Waals surface area contributed by atoms with Gasteiger partial charge >= 0.3 is 29.6 Å². The average molecular weight is 419 g/mol. The molecule has 0 N–H and O–H groups in total. The van der Waals surface area contributed by atoms with E-state index in [9.17, 15) is 17.8 Å². The first-order valence-corrected chi connectivity index (χ1v) is 11.7. The van der Waals surface area contributed by atoms with Crippen LogP contribution >= 0.6 is 0 Å². The quantitative estimate of drug-likeness (QED) is 0.296. The molecule has 0 spiro atoms. The molecule has 0 unspecified atom stereocenters. The topological polar surface area (TPSA) is 83.5 Å². The van der Waals surface area contributed by atoms with E-state index in [2.05, 4.69) is 19.9 Å².